The van der Waals surface area contributed by atoms with E-state index in [1.54, 1.807) is 56.5 Å². The van der Waals surface area contributed by atoms with Gasteiger partial charge in [0.2, 0.25) is 0 Å². The van der Waals surface area contributed by atoms with Gasteiger partial charge < -0.3 is 14.9 Å². The first kappa shape index (κ1) is 21.6. The van der Waals surface area contributed by atoms with Crippen molar-refractivity contribution in [3.63, 3.8) is 0 Å². The zero-order valence-corrected chi connectivity index (χ0v) is 16.2. The molecule has 2 aliphatic heterocycles. The molecule has 2 heterocycles. The third kappa shape index (κ3) is 5.20. The second-order valence-electron chi connectivity index (χ2n) is 6.83. The van der Waals surface area contributed by atoms with E-state index in [4.69, 9.17) is 20.4 Å². The average molecular weight is 388 g/mol. The van der Waals surface area contributed by atoms with Gasteiger partial charge in [-0.15, -0.1) is 5.73 Å². The van der Waals surface area contributed by atoms with E-state index in [2.05, 4.69) is 10.7 Å². The van der Waals surface area contributed by atoms with Gasteiger partial charge in [0.25, 0.3) is 0 Å². The Bertz CT molecular complexity index is 1010. The first-order valence-corrected chi connectivity index (χ1v) is 8.89. The molecule has 0 aromatic carbocycles. The van der Waals surface area contributed by atoms with Crippen molar-refractivity contribution in [2.24, 2.45) is 4.99 Å². The Hall–Kier alpha value is -3.66. The molecule has 0 bridgehead atoms. The molecule has 7 nitrogen and oxygen atoms in total. The fraction of sp³-hybridized carbons (Fsp3) is 0.318. The highest BCUT2D eigenvalue weighted by Crippen LogP contribution is 2.40. The molecule has 0 aromatic rings. The van der Waals surface area contributed by atoms with Crippen molar-refractivity contribution >= 4 is 6.21 Å². The number of nitrogens with zero attached hydrogens (tertiary/aromatic N) is 4. The predicted octanol–water partition coefficient (Wildman–Crippen LogP) is 2.66. The second kappa shape index (κ2) is 9.51. The Labute approximate surface area is 169 Å². The molecule has 146 valence electrons. The molecular weight excluding hydrogens is 368 g/mol. The van der Waals surface area contributed by atoms with Crippen molar-refractivity contribution in [2.75, 3.05) is 6.61 Å². The Morgan fingerprint density at radius 1 is 1.34 bits per heavy atom. The van der Waals surface area contributed by atoms with E-state index in [0.717, 1.165) is 5.57 Å². The largest absolute Gasteiger partial charge is 0.480 e. The lowest BCUT2D eigenvalue weighted by atomic mass is 9.95. The molecule has 2 aliphatic rings. The first-order chi connectivity index (χ1) is 13.9. The molecule has 0 spiro atoms. The molecule has 0 saturated heterocycles. The van der Waals surface area contributed by atoms with E-state index in [0.29, 0.717) is 17.7 Å². The summed E-state index contributed by atoms with van der Waals surface area (Å²) in [5, 5.41) is 46.1. The van der Waals surface area contributed by atoms with E-state index in [-0.39, 0.29) is 29.9 Å². The van der Waals surface area contributed by atoms with Gasteiger partial charge in [-0.2, -0.15) is 15.8 Å². The van der Waals surface area contributed by atoms with Crippen molar-refractivity contribution < 1.29 is 14.9 Å². The lowest BCUT2D eigenvalue weighted by molar-refractivity contribution is 0.0951. The van der Waals surface area contributed by atoms with Crippen LogP contribution in [0.25, 0.3) is 0 Å². The summed E-state index contributed by atoms with van der Waals surface area (Å²) in [5.41, 5.74) is 4.26. The van der Waals surface area contributed by atoms with Crippen LogP contribution >= 0.6 is 0 Å². The maximum Gasteiger partial charge on any atom is 0.172 e. The van der Waals surface area contributed by atoms with E-state index in [1.807, 2.05) is 6.07 Å². The third-order valence-electron chi connectivity index (χ3n) is 4.26. The number of nitriles is 3. The summed E-state index contributed by atoms with van der Waals surface area (Å²) >= 11 is 0. The lowest BCUT2D eigenvalue weighted by Gasteiger charge is -2.20. The van der Waals surface area contributed by atoms with Crippen LogP contribution in [0.15, 0.2) is 68.8 Å². The molecule has 1 atom stereocenters. The quantitative estimate of drug-likeness (QED) is 0.422. The number of allylic oxidation sites excluding steroid dienone is 5. The van der Waals surface area contributed by atoms with Crippen molar-refractivity contribution in [2.45, 2.75) is 38.4 Å². The Morgan fingerprint density at radius 3 is 2.69 bits per heavy atom. The molecule has 0 aromatic heterocycles. The van der Waals surface area contributed by atoms with E-state index in [1.165, 1.54) is 0 Å². The summed E-state index contributed by atoms with van der Waals surface area (Å²) in [7, 11) is 0. The van der Waals surface area contributed by atoms with E-state index < -0.39 is 11.7 Å². The third-order valence-corrected chi connectivity index (χ3v) is 4.26. The maximum atomic E-state index is 9.52. The monoisotopic (exact) mass is 388 g/mol. The summed E-state index contributed by atoms with van der Waals surface area (Å²) in [6.07, 6.45) is 8.59. The standard InChI is InChI=1S/C22H20N4O3/c1-22(2)20(19(13-25)21(29-22)16(11-23)12-24)6-4-3-5-15-7-8-26-17(9-15)10-18(28)14-27/h3-4,6,8-9,18,27-28H,7,10,14H2,1-2H3. The summed E-state index contributed by atoms with van der Waals surface area (Å²) in [6, 6.07) is 5.53. The van der Waals surface area contributed by atoms with Crippen LogP contribution in [0.4, 0.5) is 0 Å². The highest BCUT2D eigenvalue weighted by molar-refractivity contribution is 5.66. The fourth-order valence-electron chi connectivity index (χ4n) is 2.86. The molecule has 0 radical (unpaired) electrons. The van der Waals surface area contributed by atoms with Crippen molar-refractivity contribution in [3.8, 4) is 18.2 Å². The molecule has 1 unspecified atom stereocenters. The van der Waals surface area contributed by atoms with Crippen molar-refractivity contribution in [3.05, 3.63) is 63.8 Å². The summed E-state index contributed by atoms with van der Waals surface area (Å²) in [6.45, 7) is 3.18. The summed E-state index contributed by atoms with van der Waals surface area (Å²) in [4.78, 5) is 4.19. The van der Waals surface area contributed by atoms with Gasteiger partial charge in [-0.25, -0.2) is 0 Å². The highest BCUT2D eigenvalue weighted by Gasteiger charge is 2.38. The molecule has 0 aliphatic carbocycles. The SMILES string of the molecule is CC1(C)OC(=C(C#N)C#N)C(C#N)=C1C=CC=C=C1C=C(CC(O)CO)N=CC1. The van der Waals surface area contributed by atoms with Gasteiger partial charge in [-0.3, -0.25) is 4.99 Å². The van der Waals surface area contributed by atoms with Crippen LogP contribution in [0.3, 0.4) is 0 Å². The predicted molar refractivity (Wildman–Crippen MR) is 106 cm³/mol. The first-order valence-electron chi connectivity index (χ1n) is 8.89. The molecule has 29 heavy (non-hydrogen) atoms. The number of ether oxygens (including phenoxy) is 1. The maximum absolute atomic E-state index is 9.52. The minimum atomic E-state index is -0.859. The van der Waals surface area contributed by atoms with Gasteiger partial charge in [0, 0.05) is 35.9 Å². The van der Waals surface area contributed by atoms with Crippen molar-refractivity contribution in [1.82, 2.24) is 0 Å². The van der Waals surface area contributed by atoms with Crippen LogP contribution in [-0.2, 0) is 4.74 Å². The second-order valence-corrected chi connectivity index (χ2v) is 6.83. The van der Waals surface area contributed by atoms with Crippen LogP contribution < -0.4 is 0 Å². The highest BCUT2D eigenvalue weighted by atomic mass is 16.5. The number of aliphatic imine (C=N–C) groups is 1. The van der Waals surface area contributed by atoms with Gasteiger partial charge in [-0.05, 0) is 26.0 Å². The van der Waals surface area contributed by atoms with Gasteiger partial charge in [0.15, 0.2) is 11.3 Å². The lowest BCUT2D eigenvalue weighted by Crippen LogP contribution is -2.20. The Morgan fingerprint density at radius 2 is 2.07 bits per heavy atom. The number of rotatable bonds is 5. The molecule has 7 heteroatoms. The number of aliphatic hydroxyl groups is 2. The molecular formula is C22H20N4O3. The topological polar surface area (TPSA) is 133 Å². The van der Waals surface area contributed by atoms with Crippen LogP contribution in [0, 0.1) is 34.0 Å². The zero-order chi connectivity index (χ0) is 21.4. The van der Waals surface area contributed by atoms with Gasteiger partial charge in [0.05, 0.1) is 12.7 Å². The number of hydrogen-bond acceptors (Lipinski definition) is 7. The van der Waals surface area contributed by atoms with Crippen LogP contribution in [-0.4, -0.2) is 34.7 Å². The summed E-state index contributed by atoms with van der Waals surface area (Å²) in [5.74, 6) is 0.00277. The fourth-order valence-corrected chi connectivity index (χ4v) is 2.86. The summed E-state index contributed by atoms with van der Waals surface area (Å²) < 4.78 is 5.69. The van der Waals surface area contributed by atoms with E-state index in [9.17, 15) is 10.4 Å². The Kier molecular flexibility index (Phi) is 7.10. The van der Waals surface area contributed by atoms with Crippen LogP contribution in [0.1, 0.15) is 26.7 Å². The van der Waals surface area contributed by atoms with Gasteiger partial charge in [0.1, 0.15) is 29.4 Å². The minimum absolute atomic E-state index is 0.00277. The van der Waals surface area contributed by atoms with Crippen LogP contribution in [0.5, 0.6) is 0 Å². The number of hydrogen-bond donors (Lipinski definition) is 2. The molecule has 0 amide bonds. The smallest absolute Gasteiger partial charge is 0.172 e. The average Bonchev–Trinajstić information content (AvgIpc) is 2.96. The Balaban J connectivity index is 2.32. The normalized spacial score (nSPS) is 18.3. The molecule has 2 rings (SSSR count). The molecule has 2 N–H and O–H groups in total. The van der Waals surface area contributed by atoms with Crippen LogP contribution in [0.2, 0.25) is 0 Å². The van der Waals surface area contributed by atoms with Gasteiger partial charge >= 0.3 is 0 Å². The molecule has 0 saturated carbocycles. The molecule has 0 fully saturated rings. The van der Waals surface area contributed by atoms with Gasteiger partial charge in [-0.1, -0.05) is 12.2 Å². The zero-order valence-electron chi connectivity index (χ0n) is 16.2. The number of aliphatic hydroxyl groups excluding tert-OH is 2. The van der Waals surface area contributed by atoms with E-state index >= 15 is 0 Å². The van der Waals surface area contributed by atoms with Crippen molar-refractivity contribution in [1.29, 1.82) is 15.8 Å². The minimum Gasteiger partial charge on any atom is -0.480 e.